The minimum Gasteiger partial charge on any atom is -0.396 e. The van der Waals surface area contributed by atoms with Gasteiger partial charge in [-0.3, -0.25) is 4.79 Å². The van der Waals surface area contributed by atoms with Crippen molar-refractivity contribution in [3.05, 3.63) is 0 Å². The Balaban J connectivity index is 1.75. The minimum absolute atomic E-state index is 0.204. The Hall–Kier alpha value is -0.570. The molecule has 0 aliphatic heterocycles. The van der Waals surface area contributed by atoms with E-state index in [9.17, 15) is 9.90 Å². The molecule has 92 valence electrons. The van der Waals surface area contributed by atoms with Gasteiger partial charge >= 0.3 is 0 Å². The Labute approximate surface area is 97.6 Å². The second-order valence-electron chi connectivity index (χ2n) is 5.40. The van der Waals surface area contributed by atoms with Crippen LogP contribution in [0, 0.1) is 11.8 Å². The van der Waals surface area contributed by atoms with E-state index < -0.39 is 0 Å². The van der Waals surface area contributed by atoms with Crippen LogP contribution >= 0.6 is 0 Å². The molecule has 2 aliphatic rings. The van der Waals surface area contributed by atoms with Gasteiger partial charge in [0.15, 0.2) is 0 Å². The van der Waals surface area contributed by atoms with Crippen LogP contribution in [-0.2, 0) is 4.79 Å². The van der Waals surface area contributed by atoms with E-state index in [-0.39, 0.29) is 18.6 Å². The number of aliphatic hydroxyl groups excluding tert-OH is 1. The molecule has 2 saturated carbocycles. The number of amides is 1. The standard InChI is InChI=1S/C13H23NO2/c15-9-11-6-1-2-7-12(11)14-13(16)8-10-4-3-5-10/h10-12,15H,1-9H2,(H,14,16). The van der Waals surface area contributed by atoms with Crippen molar-refractivity contribution < 1.29 is 9.90 Å². The quantitative estimate of drug-likeness (QED) is 0.767. The van der Waals surface area contributed by atoms with E-state index in [0.717, 1.165) is 12.8 Å². The van der Waals surface area contributed by atoms with Gasteiger partial charge in [-0.15, -0.1) is 0 Å². The molecular formula is C13H23NO2. The van der Waals surface area contributed by atoms with Crippen LogP contribution in [0.2, 0.25) is 0 Å². The number of aliphatic hydroxyl groups is 1. The summed E-state index contributed by atoms with van der Waals surface area (Å²) in [4.78, 5) is 11.8. The summed E-state index contributed by atoms with van der Waals surface area (Å²) in [5, 5.41) is 12.4. The molecule has 0 aromatic rings. The third-order valence-corrected chi connectivity index (χ3v) is 4.19. The maximum atomic E-state index is 11.8. The third-order valence-electron chi connectivity index (χ3n) is 4.19. The maximum Gasteiger partial charge on any atom is 0.220 e. The highest BCUT2D eigenvalue weighted by molar-refractivity contribution is 5.76. The molecule has 0 aromatic carbocycles. The summed E-state index contributed by atoms with van der Waals surface area (Å²) in [5.74, 6) is 1.13. The van der Waals surface area contributed by atoms with Crippen LogP contribution in [-0.4, -0.2) is 23.7 Å². The summed E-state index contributed by atoms with van der Waals surface area (Å²) >= 11 is 0. The molecule has 2 unspecified atom stereocenters. The van der Waals surface area contributed by atoms with Gasteiger partial charge in [0.1, 0.15) is 0 Å². The molecule has 3 nitrogen and oxygen atoms in total. The summed E-state index contributed by atoms with van der Waals surface area (Å²) in [6.07, 6.45) is 8.93. The van der Waals surface area contributed by atoms with Gasteiger partial charge in [0, 0.05) is 25.0 Å². The van der Waals surface area contributed by atoms with E-state index in [1.165, 1.54) is 32.1 Å². The van der Waals surface area contributed by atoms with E-state index in [2.05, 4.69) is 5.32 Å². The fourth-order valence-electron chi connectivity index (χ4n) is 2.84. The lowest BCUT2D eigenvalue weighted by molar-refractivity contribution is -0.124. The summed E-state index contributed by atoms with van der Waals surface area (Å²) in [6.45, 7) is 0.217. The van der Waals surface area contributed by atoms with Gasteiger partial charge in [-0.2, -0.15) is 0 Å². The van der Waals surface area contributed by atoms with Crippen LogP contribution in [0.15, 0.2) is 0 Å². The molecule has 0 aromatic heterocycles. The first-order chi connectivity index (χ1) is 7.79. The Bertz CT molecular complexity index is 238. The normalized spacial score (nSPS) is 30.8. The van der Waals surface area contributed by atoms with Crippen molar-refractivity contribution >= 4 is 5.91 Å². The number of hydrogen-bond acceptors (Lipinski definition) is 2. The Morgan fingerprint density at radius 1 is 1.12 bits per heavy atom. The number of carbonyl (C=O) groups excluding carboxylic acids is 1. The van der Waals surface area contributed by atoms with E-state index in [1.54, 1.807) is 0 Å². The molecule has 1 amide bonds. The molecule has 3 heteroatoms. The second kappa shape index (κ2) is 5.67. The van der Waals surface area contributed by atoms with Crippen LogP contribution in [0.3, 0.4) is 0 Å². The predicted octanol–water partition coefficient (Wildman–Crippen LogP) is 1.84. The molecular weight excluding hydrogens is 202 g/mol. The van der Waals surface area contributed by atoms with Crippen molar-refractivity contribution in [1.29, 1.82) is 0 Å². The summed E-state index contributed by atoms with van der Waals surface area (Å²) in [6, 6.07) is 0.228. The molecule has 2 rings (SSSR count). The van der Waals surface area contributed by atoms with Gasteiger partial charge in [0.2, 0.25) is 5.91 Å². The first kappa shape index (κ1) is 11.9. The summed E-state index contributed by atoms with van der Waals surface area (Å²) < 4.78 is 0. The fourth-order valence-corrected chi connectivity index (χ4v) is 2.84. The molecule has 0 saturated heterocycles. The van der Waals surface area contributed by atoms with Crippen LogP contribution in [0.4, 0.5) is 0 Å². The first-order valence-electron chi connectivity index (χ1n) is 6.70. The number of hydrogen-bond donors (Lipinski definition) is 2. The van der Waals surface area contributed by atoms with Crippen molar-refractivity contribution in [3.63, 3.8) is 0 Å². The summed E-state index contributed by atoms with van der Waals surface area (Å²) in [7, 11) is 0. The van der Waals surface area contributed by atoms with Crippen LogP contribution < -0.4 is 5.32 Å². The van der Waals surface area contributed by atoms with Crippen LogP contribution in [0.25, 0.3) is 0 Å². The molecule has 2 atom stereocenters. The molecule has 0 spiro atoms. The van der Waals surface area contributed by atoms with Crippen molar-refractivity contribution in [2.75, 3.05) is 6.61 Å². The van der Waals surface area contributed by atoms with Gasteiger partial charge in [0.05, 0.1) is 0 Å². The van der Waals surface area contributed by atoms with Gasteiger partial charge in [-0.05, 0) is 31.6 Å². The molecule has 2 aliphatic carbocycles. The molecule has 2 N–H and O–H groups in total. The van der Waals surface area contributed by atoms with E-state index in [0.29, 0.717) is 18.3 Å². The topological polar surface area (TPSA) is 49.3 Å². The highest BCUT2D eigenvalue weighted by Crippen LogP contribution is 2.30. The number of carbonyl (C=O) groups is 1. The highest BCUT2D eigenvalue weighted by atomic mass is 16.3. The van der Waals surface area contributed by atoms with Crippen LogP contribution in [0.5, 0.6) is 0 Å². The monoisotopic (exact) mass is 225 g/mol. The average molecular weight is 225 g/mol. The third kappa shape index (κ3) is 2.97. The lowest BCUT2D eigenvalue weighted by Crippen LogP contribution is -2.44. The molecule has 0 bridgehead atoms. The second-order valence-corrected chi connectivity index (χ2v) is 5.40. The minimum atomic E-state index is 0.204. The smallest absolute Gasteiger partial charge is 0.220 e. The SMILES string of the molecule is O=C(CC1CCC1)NC1CCCCC1CO. The lowest BCUT2D eigenvalue weighted by Gasteiger charge is -2.32. The lowest BCUT2D eigenvalue weighted by atomic mass is 9.82. The van der Waals surface area contributed by atoms with Crippen molar-refractivity contribution in [2.24, 2.45) is 11.8 Å². The molecule has 16 heavy (non-hydrogen) atoms. The van der Waals surface area contributed by atoms with Crippen molar-refractivity contribution in [2.45, 2.75) is 57.4 Å². The summed E-state index contributed by atoms with van der Waals surface area (Å²) in [5.41, 5.74) is 0. The zero-order valence-corrected chi connectivity index (χ0v) is 9.95. The Morgan fingerprint density at radius 2 is 1.88 bits per heavy atom. The van der Waals surface area contributed by atoms with E-state index >= 15 is 0 Å². The Kier molecular flexibility index (Phi) is 4.22. The van der Waals surface area contributed by atoms with Crippen molar-refractivity contribution in [3.8, 4) is 0 Å². The zero-order valence-electron chi connectivity index (χ0n) is 9.95. The molecule has 0 heterocycles. The zero-order chi connectivity index (χ0) is 11.4. The Morgan fingerprint density at radius 3 is 2.50 bits per heavy atom. The average Bonchev–Trinajstić information content (AvgIpc) is 2.24. The van der Waals surface area contributed by atoms with Crippen LogP contribution in [0.1, 0.15) is 51.4 Å². The van der Waals surface area contributed by atoms with Gasteiger partial charge in [0.25, 0.3) is 0 Å². The van der Waals surface area contributed by atoms with E-state index in [1.807, 2.05) is 0 Å². The van der Waals surface area contributed by atoms with Crippen molar-refractivity contribution in [1.82, 2.24) is 5.32 Å². The largest absolute Gasteiger partial charge is 0.396 e. The van der Waals surface area contributed by atoms with Gasteiger partial charge in [-0.1, -0.05) is 19.3 Å². The predicted molar refractivity (Wildman–Crippen MR) is 62.9 cm³/mol. The van der Waals surface area contributed by atoms with Gasteiger partial charge in [-0.25, -0.2) is 0 Å². The molecule has 2 fully saturated rings. The molecule has 0 radical (unpaired) electrons. The fraction of sp³-hybridized carbons (Fsp3) is 0.923. The highest BCUT2D eigenvalue weighted by Gasteiger charge is 2.27. The van der Waals surface area contributed by atoms with E-state index in [4.69, 9.17) is 0 Å². The number of nitrogens with one attached hydrogen (secondary N) is 1. The maximum absolute atomic E-state index is 11.8. The van der Waals surface area contributed by atoms with Gasteiger partial charge < -0.3 is 10.4 Å². The number of rotatable bonds is 4. The first-order valence-corrected chi connectivity index (χ1v) is 6.70.